The van der Waals surface area contributed by atoms with Crippen molar-refractivity contribution in [2.75, 3.05) is 5.32 Å². The number of anilines is 1. The van der Waals surface area contributed by atoms with Crippen molar-refractivity contribution in [2.24, 2.45) is 5.92 Å². The maximum atomic E-state index is 14.4. The fraction of sp³-hybridized carbons (Fsp3) is 0.500. The van der Waals surface area contributed by atoms with Gasteiger partial charge in [-0.25, -0.2) is 4.39 Å². The quantitative estimate of drug-likeness (QED) is 0.782. The molecule has 0 bridgehead atoms. The van der Waals surface area contributed by atoms with Crippen LogP contribution in [-0.4, -0.2) is 28.4 Å². The standard InChI is InChI=1S/C18H21FN2O4/c1-18(7-3-2-4-12(18)17(24)25)21-16(23)11-8-10-5-6-15(22)20-14(10)9-13(11)19/h8-9,12H,2-7H2,1H3,(H,20,22)(H,21,23)(H,24,25). The number of carboxylic acid groups (broad SMARTS) is 1. The average molecular weight is 348 g/mol. The average Bonchev–Trinajstić information content (AvgIpc) is 2.53. The molecule has 2 unspecified atom stereocenters. The van der Waals surface area contributed by atoms with Crippen LogP contribution in [0.2, 0.25) is 0 Å². The summed E-state index contributed by atoms with van der Waals surface area (Å²) >= 11 is 0. The fourth-order valence-corrected chi connectivity index (χ4v) is 3.78. The number of fused-ring (bicyclic) bond motifs is 1. The van der Waals surface area contributed by atoms with Gasteiger partial charge in [0.2, 0.25) is 5.91 Å². The number of hydrogen-bond acceptors (Lipinski definition) is 3. The van der Waals surface area contributed by atoms with Gasteiger partial charge in [-0.15, -0.1) is 0 Å². The van der Waals surface area contributed by atoms with E-state index in [0.717, 1.165) is 18.9 Å². The van der Waals surface area contributed by atoms with E-state index < -0.39 is 29.2 Å². The highest BCUT2D eigenvalue weighted by atomic mass is 19.1. The predicted octanol–water partition coefficient (Wildman–Crippen LogP) is 2.47. The van der Waals surface area contributed by atoms with E-state index in [9.17, 15) is 23.9 Å². The van der Waals surface area contributed by atoms with E-state index in [1.807, 2.05) is 0 Å². The van der Waals surface area contributed by atoms with E-state index in [1.54, 1.807) is 6.92 Å². The van der Waals surface area contributed by atoms with E-state index in [4.69, 9.17) is 0 Å². The molecule has 1 fully saturated rings. The van der Waals surface area contributed by atoms with Gasteiger partial charge in [0.15, 0.2) is 0 Å². The normalized spacial score (nSPS) is 25.7. The number of halogens is 1. The second-order valence-corrected chi connectivity index (χ2v) is 7.05. The Hall–Kier alpha value is -2.44. The van der Waals surface area contributed by atoms with Crippen molar-refractivity contribution in [1.29, 1.82) is 0 Å². The zero-order valence-electron chi connectivity index (χ0n) is 14.0. The number of carboxylic acids is 1. The first-order valence-electron chi connectivity index (χ1n) is 8.48. The number of nitrogens with one attached hydrogen (secondary N) is 2. The van der Waals surface area contributed by atoms with Crippen LogP contribution in [0.25, 0.3) is 0 Å². The van der Waals surface area contributed by atoms with Crippen LogP contribution in [0, 0.1) is 11.7 Å². The summed E-state index contributed by atoms with van der Waals surface area (Å²) < 4.78 is 14.4. The lowest BCUT2D eigenvalue weighted by Gasteiger charge is -2.39. The highest BCUT2D eigenvalue weighted by Gasteiger charge is 2.42. The number of amides is 2. The van der Waals surface area contributed by atoms with Crippen LogP contribution in [0.15, 0.2) is 12.1 Å². The third kappa shape index (κ3) is 3.36. The maximum Gasteiger partial charge on any atom is 0.308 e. The number of carbonyl (C=O) groups is 3. The number of carbonyl (C=O) groups excluding carboxylic acids is 2. The van der Waals surface area contributed by atoms with Crippen LogP contribution in [0.3, 0.4) is 0 Å². The molecule has 2 aliphatic rings. The molecule has 0 radical (unpaired) electrons. The smallest absolute Gasteiger partial charge is 0.308 e. The summed E-state index contributed by atoms with van der Waals surface area (Å²) in [6.45, 7) is 1.71. The van der Waals surface area contributed by atoms with E-state index in [-0.39, 0.29) is 11.5 Å². The van der Waals surface area contributed by atoms with Crippen molar-refractivity contribution in [3.05, 3.63) is 29.1 Å². The van der Waals surface area contributed by atoms with Gasteiger partial charge in [-0.3, -0.25) is 14.4 Å². The fourth-order valence-electron chi connectivity index (χ4n) is 3.78. The number of benzene rings is 1. The van der Waals surface area contributed by atoms with E-state index >= 15 is 0 Å². The molecule has 1 aliphatic heterocycles. The zero-order valence-corrected chi connectivity index (χ0v) is 14.0. The third-order valence-electron chi connectivity index (χ3n) is 5.24. The second-order valence-electron chi connectivity index (χ2n) is 7.05. The van der Waals surface area contributed by atoms with Crippen molar-refractivity contribution in [3.63, 3.8) is 0 Å². The molecule has 0 saturated heterocycles. The minimum atomic E-state index is -0.948. The molecule has 0 aromatic heterocycles. The Morgan fingerprint density at radius 3 is 2.80 bits per heavy atom. The van der Waals surface area contributed by atoms with Gasteiger partial charge < -0.3 is 15.7 Å². The molecular weight excluding hydrogens is 327 g/mol. The Morgan fingerprint density at radius 2 is 2.08 bits per heavy atom. The Labute approximate surface area is 144 Å². The molecule has 1 saturated carbocycles. The molecule has 1 aliphatic carbocycles. The van der Waals surface area contributed by atoms with Crippen molar-refractivity contribution >= 4 is 23.5 Å². The summed E-state index contributed by atoms with van der Waals surface area (Å²) in [7, 11) is 0. The van der Waals surface area contributed by atoms with E-state index in [1.165, 1.54) is 6.07 Å². The lowest BCUT2D eigenvalue weighted by Crippen LogP contribution is -2.55. The minimum Gasteiger partial charge on any atom is -0.481 e. The highest BCUT2D eigenvalue weighted by Crippen LogP contribution is 2.34. The van der Waals surface area contributed by atoms with Crippen LogP contribution >= 0.6 is 0 Å². The van der Waals surface area contributed by atoms with Crippen LogP contribution in [0.1, 0.15) is 54.9 Å². The molecule has 25 heavy (non-hydrogen) atoms. The van der Waals surface area contributed by atoms with Gasteiger partial charge in [-0.05, 0) is 43.9 Å². The van der Waals surface area contributed by atoms with Gasteiger partial charge in [0.25, 0.3) is 5.91 Å². The summed E-state index contributed by atoms with van der Waals surface area (Å²) in [5.41, 5.74) is 0.0655. The van der Waals surface area contributed by atoms with Gasteiger partial charge >= 0.3 is 5.97 Å². The molecule has 1 aromatic carbocycles. The zero-order chi connectivity index (χ0) is 18.2. The summed E-state index contributed by atoms with van der Waals surface area (Å²) in [6, 6.07) is 2.60. The Balaban J connectivity index is 1.86. The van der Waals surface area contributed by atoms with Crippen LogP contribution in [-0.2, 0) is 16.0 Å². The lowest BCUT2D eigenvalue weighted by molar-refractivity contribution is -0.145. The summed E-state index contributed by atoms with van der Waals surface area (Å²) in [4.78, 5) is 35.5. The van der Waals surface area contributed by atoms with Gasteiger partial charge in [-0.2, -0.15) is 0 Å². The maximum absolute atomic E-state index is 14.4. The predicted molar refractivity (Wildman–Crippen MR) is 88.8 cm³/mol. The molecule has 6 nitrogen and oxygen atoms in total. The first-order valence-corrected chi connectivity index (χ1v) is 8.48. The SMILES string of the molecule is CC1(NC(=O)c2cc3c(cc2F)NC(=O)CC3)CCCCC1C(=O)O. The van der Waals surface area contributed by atoms with E-state index in [2.05, 4.69) is 10.6 Å². The van der Waals surface area contributed by atoms with Gasteiger partial charge in [0, 0.05) is 12.1 Å². The van der Waals surface area contributed by atoms with E-state index in [0.29, 0.717) is 36.9 Å². The molecule has 3 N–H and O–H groups in total. The molecule has 2 amide bonds. The minimum absolute atomic E-state index is 0.120. The largest absolute Gasteiger partial charge is 0.481 e. The Kier molecular flexibility index (Phi) is 4.49. The lowest BCUT2D eigenvalue weighted by atomic mass is 9.73. The molecule has 7 heteroatoms. The van der Waals surface area contributed by atoms with Gasteiger partial charge in [0.05, 0.1) is 17.0 Å². The van der Waals surface area contributed by atoms with Crippen LogP contribution in [0.5, 0.6) is 0 Å². The number of hydrogen-bond donors (Lipinski definition) is 3. The van der Waals surface area contributed by atoms with Crippen LogP contribution in [0.4, 0.5) is 10.1 Å². The monoisotopic (exact) mass is 348 g/mol. The second kappa shape index (κ2) is 6.46. The first-order chi connectivity index (χ1) is 11.8. The van der Waals surface area contributed by atoms with Gasteiger partial charge in [-0.1, -0.05) is 12.8 Å². The van der Waals surface area contributed by atoms with Crippen LogP contribution < -0.4 is 10.6 Å². The summed E-state index contributed by atoms with van der Waals surface area (Å²) in [5, 5.41) is 14.8. The molecule has 0 spiro atoms. The van der Waals surface area contributed by atoms with Gasteiger partial charge in [0.1, 0.15) is 5.82 Å². The van der Waals surface area contributed by atoms with Crippen molar-refractivity contribution < 1.29 is 23.9 Å². The number of aryl methyl sites for hydroxylation is 1. The van der Waals surface area contributed by atoms with Crippen molar-refractivity contribution in [2.45, 2.75) is 51.0 Å². The van der Waals surface area contributed by atoms with Crippen molar-refractivity contribution in [3.8, 4) is 0 Å². The molecule has 2 atom stereocenters. The molecule has 1 heterocycles. The summed E-state index contributed by atoms with van der Waals surface area (Å²) in [6.07, 6.45) is 3.38. The topological polar surface area (TPSA) is 95.5 Å². The number of aliphatic carboxylic acids is 1. The molecular formula is C18H21FN2O4. The third-order valence-corrected chi connectivity index (χ3v) is 5.24. The molecule has 3 rings (SSSR count). The Bertz CT molecular complexity index is 749. The molecule has 1 aromatic rings. The molecule has 134 valence electrons. The first kappa shape index (κ1) is 17.4. The highest BCUT2D eigenvalue weighted by molar-refractivity contribution is 5.98. The Morgan fingerprint density at radius 1 is 1.32 bits per heavy atom. The summed E-state index contributed by atoms with van der Waals surface area (Å²) in [5.74, 6) is -3.16. The number of rotatable bonds is 3. The van der Waals surface area contributed by atoms with Crippen molar-refractivity contribution in [1.82, 2.24) is 5.32 Å².